The van der Waals surface area contributed by atoms with E-state index in [4.69, 9.17) is 22.1 Å². The minimum absolute atomic E-state index is 0.0357. The Hall–Kier alpha value is -3.37. The van der Waals surface area contributed by atoms with Crippen LogP contribution in [0.2, 0.25) is 5.02 Å². The van der Waals surface area contributed by atoms with Gasteiger partial charge in [0.05, 0.1) is 4.90 Å². The van der Waals surface area contributed by atoms with Crippen LogP contribution in [0.3, 0.4) is 0 Å². The van der Waals surface area contributed by atoms with Gasteiger partial charge in [-0.05, 0) is 48.5 Å². The first-order chi connectivity index (χ1) is 17.8. The van der Waals surface area contributed by atoms with Gasteiger partial charge in [-0.3, -0.25) is 4.79 Å². The number of halogens is 3. The number of hydrogen-bond donors (Lipinski definition) is 2. The second kappa shape index (κ2) is 10.4. The third kappa shape index (κ3) is 5.28. The molecule has 1 aliphatic rings. The largest absolute Gasteiger partial charge is 0.492 e. The number of pyridine rings is 1. The summed E-state index contributed by atoms with van der Waals surface area (Å²) in [5, 5.41) is 10.2. The van der Waals surface area contributed by atoms with Crippen molar-refractivity contribution in [2.45, 2.75) is 15.8 Å². The molecule has 4 rings (SSSR count). The van der Waals surface area contributed by atoms with E-state index in [-0.39, 0.29) is 5.75 Å². The second-order valence-electron chi connectivity index (χ2n) is 7.99. The fraction of sp³-hybridized carbons (Fsp3) is 0.182. The Balaban J connectivity index is 1.63. The predicted molar refractivity (Wildman–Crippen MR) is 129 cm³/mol. The molecule has 3 aromatic rings. The van der Waals surface area contributed by atoms with E-state index >= 15 is 0 Å². The lowest BCUT2D eigenvalue weighted by atomic mass is 10.2. The van der Waals surface area contributed by atoms with Crippen molar-refractivity contribution in [3.63, 3.8) is 0 Å². The molecule has 1 atom stereocenters. The van der Waals surface area contributed by atoms with E-state index in [2.05, 4.69) is 4.98 Å². The number of sulfonamides is 2. The molecule has 0 unspecified atom stereocenters. The van der Waals surface area contributed by atoms with Crippen LogP contribution in [-0.2, 0) is 24.8 Å². The van der Waals surface area contributed by atoms with Crippen LogP contribution in [0.25, 0.3) is 0 Å². The third-order valence-corrected chi connectivity index (χ3v) is 9.63. The van der Waals surface area contributed by atoms with Crippen LogP contribution < -0.4 is 10.5 Å². The SMILES string of the molecule is NC(=O)[C@H]1CN(S(=O)(=O)c2cccnc2O)CCN1S(=O)(=O)c1cc(F)c(Oc2ccc(Cl)cc2)c(F)c1. The van der Waals surface area contributed by atoms with Gasteiger partial charge in [0.1, 0.15) is 16.7 Å². The van der Waals surface area contributed by atoms with E-state index in [0.717, 1.165) is 16.6 Å². The van der Waals surface area contributed by atoms with Crippen LogP contribution in [0.5, 0.6) is 17.4 Å². The summed E-state index contributed by atoms with van der Waals surface area (Å²) in [6.45, 7) is -1.75. The molecule has 1 saturated heterocycles. The number of amides is 1. The van der Waals surface area contributed by atoms with Crippen molar-refractivity contribution in [2.24, 2.45) is 5.73 Å². The highest BCUT2D eigenvalue weighted by molar-refractivity contribution is 7.89. The van der Waals surface area contributed by atoms with E-state index in [9.17, 15) is 35.5 Å². The lowest BCUT2D eigenvalue weighted by Gasteiger charge is -2.38. The zero-order valence-electron chi connectivity index (χ0n) is 19.2. The number of aromatic nitrogens is 1. The summed E-state index contributed by atoms with van der Waals surface area (Å²) >= 11 is 5.77. The summed E-state index contributed by atoms with van der Waals surface area (Å²) in [4.78, 5) is 14.3. The van der Waals surface area contributed by atoms with Crippen molar-refractivity contribution in [3.8, 4) is 17.4 Å². The number of carbonyl (C=O) groups is 1. The molecule has 3 N–H and O–H groups in total. The maximum absolute atomic E-state index is 14.8. The average Bonchev–Trinajstić information content (AvgIpc) is 2.87. The zero-order valence-corrected chi connectivity index (χ0v) is 21.5. The Morgan fingerprint density at radius 1 is 1.05 bits per heavy atom. The first kappa shape index (κ1) is 27.7. The Morgan fingerprint density at radius 2 is 1.68 bits per heavy atom. The fourth-order valence-electron chi connectivity index (χ4n) is 3.74. The number of primary amides is 1. The zero-order chi connectivity index (χ0) is 27.8. The number of nitrogens with zero attached hydrogens (tertiary/aromatic N) is 3. The molecule has 0 bridgehead atoms. The van der Waals surface area contributed by atoms with E-state index in [0.29, 0.717) is 21.5 Å². The number of piperazine rings is 1. The van der Waals surface area contributed by atoms with Crippen LogP contribution in [0, 0.1) is 11.6 Å². The molecule has 11 nitrogen and oxygen atoms in total. The van der Waals surface area contributed by atoms with Gasteiger partial charge in [0.2, 0.25) is 31.8 Å². The van der Waals surface area contributed by atoms with Gasteiger partial charge in [0, 0.05) is 30.9 Å². The molecule has 16 heteroatoms. The van der Waals surface area contributed by atoms with Crippen molar-refractivity contribution >= 4 is 37.6 Å². The molecule has 2 heterocycles. The molecule has 202 valence electrons. The molecule has 0 spiro atoms. The summed E-state index contributed by atoms with van der Waals surface area (Å²) < 4.78 is 88.7. The number of ether oxygens (including phenoxy) is 1. The van der Waals surface area contributed by atoms with Crippen LogP contribution in [0.4, 0.5) is 8.78 Å². The molecule has 1 aliphatic heterocycles. The molecule has 0 aliphatic carbocycles. The second-order valence-corrected chi connectivity index (χ2v) is 12.2. The van der Waals surface area contributed by atoms with Crippen molar-refractivity contribution in [3.05, 3.63) is 71.4 Å². The highest BCUT2D eigenvalue weighted by Gasteiger charge is 2.43. The van der Waals surface area contributed by atoms with Gasteiger partial charge in [-0.15, -0.1) is 0 Å². The minimum atomic E-state index is -4.74. The molecule has 2 aromatic carbocycles. The maximum Gasteiger partial charge on any atom is 0.248 e. The number of nitrogens with two attached hydrogens (primary N) is 1. The van der Waals surface area contributed by atoms with E-state index in [1.165, 1.54) is 30.3 Å². The Kier molecular flexibility index (Phi) is 7.58. The highest BCUT2D eigenvalue weighted by atomic mass is 35.5. The van der Waals surface area contributed by atoms with Gasteiger partial charge >= 0.3 is 0 Å². The van der Waals surface area contributed by atoms with Crippen molar-refractivity contribution in [2.75, 3.05) is 19.6 Å². The number of rotatable bonds is 7. The van der Waals surface area contributed by atoms with Crippen molar-refractivity contribution < 1.29 is 40.3 Å². The number of benzene rings is 2. The van der Waals surface area contributed by atoms with Gasteiger partial charge < -0.3 is 15.6 Å². The summed E-state index contributed by atoms with van der Waals surface area (Å²) in [6, 6.07) is 7.19. The summed E-state index contributed by atoms with van der Waals surface area (Å²) in [5.41, 5.74) is 5.38. The quantitative estimate of drug-likeness (QED) is 0.424. The Bertz CT molecular complexity index is 1580. The first-order valence-corrected chi connectivity index (χ1v) is 14.0. The van der Waals surface area contributed by atoms with Crippen molar-refractivity contribution in [1.29, 1.82) is 0 Å². The van der Waals surface area contributed by atoms with Crippen LogP contribution in [0.15, 0.2) is 64.5 Å². The molecule has 0 saturated carbocycles. The van der Waals surface area contributed by atoms with Gasteiger partial charge in [-0.25, -0.2) is 30.6 Å². The van der Waals surface area contributed by atoms with Gasteiger partial charge in [-0.2, -0.15) is 8.61 Å². The number of hydrogen-bond acceptors (Lipinski definition) is 8. The highest BCUT2D eigenvalue weighted by Crippen LogP contribution is 2.33. The van der Waals surface area contributed by atoms with Crippen LogP contribution >= 0.6 is 11.6 Å². The van der Waals surface area contributed by atoms with Gasteiger partial charge in [0.15, 0.2) is 17.4 Å². The summed E-state index contributed by atoms with van der Waals surface area (Å²) in [5.74, 6) is -5.51. The molecule has 38 heavy (non-hydrogen) atoms. The summed E-state index contributed by atoms with van der Waals surface area (Å²) in [6.07, 6.45) is 1.16. The molecule has 0 radical (unpaired) electrons. The minimum Gasteiger partial charge on any atom is -0.492 e. The number of carbonyl (C=O) groups excluding carboxylic acids is 1. The smallest absolute Gasteiger partial charge is 0.248 e. The van der Waals surface area contributed by atoms with E-state index < -0.39 is 84.7 Å². The normalized spacial score (nSPS) is 17.3. The van der Waals surface area contributed by atoms with Gasteiger partial charge in [0.25, 0.3) is 0 Å². The standard InChI is InChI=1S/C22H19ClF2N4O7S2/c23-13-3-5-14(6-4-13)36-20-16(24)10-15(11-17(20)25)37(32,33)29-9-8-28(12-18(29)21(26)30)38(34,35)19-2-1-7-27-22(19)31/h1-7,10-11,18H,8-9,12H2,(H2,26,30)(H,27,31)/t18-/m1/s1. The van der Waals surface area contributed by atoms with Gasteiger partial charge in [-0.1, -0.05) is 11.6 Å². The van der Waals surface area contributed by atoms with Crippen LogP contribution in [0.1, 0.15) is 0 Å². The molecule has 1 fully saturated rings. The summed E-state index contributed by atoms with van der Waals surface area (Å²) in [7, 11) is -9.14. The first-order valence-electron chi connectivity index (χ1n) is 10.7. The van der Waals surface area contributed by atoms with E-state index in [1.807, 2.05) is 0 Å². The maximum atomic E-state index is 14.8. The topological polar surface area (TPSA) is 160 Å². The Labute approximate surface area is 221 Å². The fourth-order valence-corrected chi connectivity index (χ4v) is 6.94. The molecule has 1 aromatic heterocycles. The molecular formula is C22H19ClF2N4O7S2. The molecule has 1 amide bonds. The monoisotopic (exact) mass is 588 g/mol. The molecular weight excluding hydrogens is 570 g/mol. The van der Waals surface area contributed by atoms with Crippen LogP contribution in [-0.4, -0.2) is 67.1 Å². The average molecular weight is 589 g/mol. The van der Waals surface area contributed by atoms with Crippen molar-refractivity contribution in [1.82, 2.24) is 13.6 Å². The lowest BCUT2D eigenvalue weighted by Crippen LogP contribution is -2.60. The lowest BCUT2D eigenvalue weighted by molar-refractivity contribution is -0.122. The predicted octanol–water partition coefficient (Wildman–Crippen LogP) is 2.06. The number of aromatic hydroxyl groups is 1. The van der Waals surface area contributed by atoms with E-state index in [1.54, 1.807) is 0 Å². The third-order valence-electron chi connectivity index (χ3n) is 5.60. The Morgan fingerprint density at radius 3 is 2.26 bits per heavy atom.